The first-order chi connectivity index (χ1) is 5.54. The largest absolute Gasteiger partial charge is 0.422 e. The van der Waals surface area contributed by atoms with E-state index in [0.717, 1.165) is 0 Å². The fourth-order valence-corrected chi connectivity index (χ4v) is 0.530. The van der Waals surface area contributed by atoms with Crippen molar-refractivity contribution >= 4 is 0 Å². The minimum absolute atomic E-state index is 2.44. The molecule has 13 heavy (non-hydrogen) atoms. The maximum atomic E-state index is 12.0. The van der Waals surface area contributed by atoms with Crippen LogP contribution in [-0.2, 0) is 0 Å². The van der Waals surface area contributed by atoms with Crippen molar-refractivity contribution in [2.45, 2.75) is 31.1 Å². The Bertz CT molecular complexity index is 155. The van der Waals surface area contributed by atoms with E-state index in [1.54, 1.807) is 0 Å². The molecule has 0 spiro atoms. The van der Waals surface area contributed by atoms with E-state index >= 15 is 0 Å². The van der Waals surface area contributed by atoms with Crippen molar-refractivity contribution in [2.75, 3.05) is 0 Å². The quantitative estimate of drug-likeness (QED) is 0.622. The summed E-state index contributed by atoms with van der Waals surface area (Å²) in [6, 6.07) is 0. The maximum Gasteiger partial charge on any atom is 0.422 e. The van der Waals surface area contributed by atoms with E-state index < -0.39 is 31.1 Å². The predicted molar refractivity (Wildman–Crippen MR) is 26.5 cm³/mol. The van der Waals surface area contributed by atoms with E-state index in [4.69, 9.17) is 0 Å². The summed E-state index contributed by atoms with van der Waals surface area (Å²) in [6.45, 7) is 0. The van der Waals surface area contributed by atoms with Gasteiger partial charge in [0.2, 0.25) is 6.17 Å². The molecule has 0 bridgehead atoms. The van der Waals surface area contributed by atoms with Crippen LogP contribution in [-0.4, -0.2) is 24.7 Å². The molecule has 0 N–H and O–H groups in total. The Morgan fingerprint density at radius 1 is 0.846 bits per heavy atom. The van der Waals surface area contributed by atoms with E-state index in [1.165, 1.54) is 0 Å². The van der Waals surface area contributed by atoms with E-state index in [1.807, 2.05) is 0 Å². The topological polar surface area (TPSA) is 0 Å². The van der Waals surface area contributed by atoms with Crippen LogP contribution in [0, 0.1) is 0 Å². The van der Waals surface area contributed by atoms with Gasteiger partial charge in [0.1, 0.15) is 6.17 Å². The van der Waals surface area contributed by atoms with Crippen molar-refractivity contribution in [1.29, 1.82) is 0 Å². The third-order valence-corrected chi connectivity index (χ3v) is 1.06. The molecule has 0 nitrogen and oxygen atoms in total. The Labute approximate surface area is 67.5 Å². The minimum Gasteiger partial charge on any atom is -0.244 e. The third kappa shape index (κ3) is 4.89. The molecule has 0 aromatic rings. The number of hydrogen-bond acceptors (Lipinski definition) is 0. The summed E-state index contributed by atoms with van der Waals surface area (Å²) in [5.41, 5.74) is 0. The Balaban J connectivity index is 4.20. The van der Waals surface area contributed by atoms with Gasteiger partial charge in [-0.25, -0.2) is 8.78 Å². The average molecular weight is 216 g/mol. The zero-order chi connectivity index (χ0) is 10.9. The summed E-state index contributed by atoms with van der Waals surface area (Å²) in [6.07, 6.45) is -20.9. The van der Waals surface area contributed by atoms with Gasteiger partial charge in [0.15, 0.2) is 0 Å². The van der Waals surface area contributed by atoms with E-state index in [9.17, 15) is 35.1 Å². The lowest BCUT2D eigenvalue weighted by Gasteiger charge is -2.17. The van der Waals surface area contributed by atoms with Crippen LogP contribution in [0.5, 0.6) is 0 Å². The summed E-state index contributed by atoms with van der Waals surface area (Å²) >= 11 is 0. The molecule has 0 aliphatic carbocycles. The minimum atomic E-state index is -5.59. The first-order valence-electron chi connectivity index (χ1n) is 2.95. The molecule has 0 rings (SSSR count). The van der Waals surface area contributed by atoms with Gasteiger partial charge in [-0.2, -0.15) is 26.3 Å². The van der Waals surface area contributed by atoms with Crippen LogP contribution in [0.1, 0.15) is 6.42 Å². The van der Waals surface area contributed by atoms with Crippen LogP contribution in [0.25, 0.3) is 0 Å². The Morgan fingerprint density at radius 3 is 1.46 bits per heavy atom. The number of alkyl halides is 8. The van der Waals surface area contributed by atoms with Crippen LogP contribution >= 0.6 is 0 Å². The van der Waals surface area contributed by atoms with Crippen molar-refractivity contribution in [3.05, 3.63) is 0 Å². The first-order valence-corrected chi connectivity index (χ1v) is 2.95. The molecule has 0 saturated carbocycles. The summed E-state index contributed by atoms with van der Waals surface area (Å²) in [7, 11) is 0. The van der Waals surface area contributed by atoms with Gasteiger partial charge < -0.3 is 0 Å². The fraction of sp³-hybridized carbons (Fsp3) is 1.00. The van der Waals surface area contributed by atoms with Crippen LogP contribution in [0.15, 0.2) is 0 Å². The molecule has 0 aromatic carbocycles. The summed E-state index contributed by atoms with van der Waals surface area (Å²) in [5.74, 6) is 0. The van der Waals surface area contributed by atoms with Gasteiger partial charge in [-0.1, -0.05) is 0 Å². The lowest BCUT2D eigenvalue weighted by atomic mass is 10.2. The molecular weight excluding hydrogens is 212 g/mol. The highest BCUT2D eigenvalue weighted by molar-refractivity contribution is 4.77. The Morgan fingerprint density at radius 2 is 1.23 bits per heavy atom. The molecule has 0 saturated heterocycles. The molecule has 2 unspecified atom stereocenters. The average Bonchev–Trinajstić information content (AvgIpc) is 1.79. The highest BCUT2D eigenvalue weighted by Crippen LogP contribution is 2.32. The van der Waals surface area contributed by atoms with Crippen LogP contribution in [0.4, 0.5) is 35.1 Å². The van der Waals surface area contributed by atoms with Crippen molar-refractivity contribution in [3.8, 4) is 0 Å². The predicted octanol–water partition coefficient (Wildman–Crippen LogP) is 3.18. The molecule has 0 amide bonds. The number of rotatable bonds is 2. The van der Waals surface area contributed by atoms with Crippen molar-refractivity contribution in [3.63, 3.8) is 0 Å². The second-order valence-electron chi connectivity index (χ2n) is 2.28. The molecule has 0 aliphatic rings. The SMILES string of the molecule is FC(CC(F)(F)F)C(F)C(F)(F)F. The highest BCUT2D eigenvalue weighted by atomic mass is 19.4. The van der Waals surface area contributed by atoms with Crippen molar-refractivity contribution < 1.29 is 35.1 Å². The van der Waals surface area contributed by atoms with Gasteiger partial charge in [-0.15, -0.1) is 0 Å². The van der Waals surface area contributed by atoms with Crippen molar-refractivity contribution in [2.24, 2.45) is 0 Å². The summed E-state index contributed by atoms with van der Waals surface area (Å²) in [4.78, 5) is 0. The first kappa shape index (κ1) is 12.4. The van der Waals surface area contributed by atoms with Crippen molar-refractivity contribution in [1.82, 2.24) is 0 Å². The molecule has 0 radical (unpaired) electrons. The fourth-order valence-electron chi connectivity index (χ4n) is 0.530. The van der Waals surface area contributed by atoms with Gasteiger partial charge in [0, 0.05) is 0 Å². The normalized spacial score (nSPS) is 18.5. The standard InChI is InChI=1S/C5H4F8/c6-2(1-4(8,9)10)3(7)5(11,12)13/h2-3H,1H2. The van der Waals surface area contributed by atoms with Gasteiger partial charge in [-0.05, 0) is 0 Å². The van der Waals surface area contributed by atoms with E-state index in [0.29, 0.717) is 0 Å². The Hall–Kier alpha value is -0.560. The van der Waals surface area contributed by atoms with Gasteiger partial charge >= 0.3 is 12.4 Å². The van der Waals surface area contributed by atoms with Gasteiger partial charge in [0.25, 0.3) is 0 Å². The molecular formula is C5H4F8. The molecule has 0 aromatic heterocycles. The third-order valence-electron chi connectivity index (χ3n) is 1.06. The lowest BCUT2D eigenvalue weighted by molar-refractivity contribution is -0.213. The maximum absolute atomic E-state index is 12.0. The second kappa shape index (κ2) is 3.67. The van der Waals surface area contributed by atoms with Gasteiger partial charge in [-0.3, -0.25) is 0 Å². The molecule has 0 fully saturated rings. The van der Waals surface area contributed by atoms with Crippen LogP contribution in [0.3, 0.4) is 0 Å². The van der Waals surface area contributed by atoms with Crippen LogP contribution < -0.4 is 0 Å². The highest BCUT2D eigenvalue weighted by Gasteiger charge is 2.49. The van der Waals surface area contributed by atoms with Gasteiger partial charge in [0.05, 0.1) is 6.42 Å². The number of hydrogen-bond donors (Lipinski definition) is 0. The zero-order valence-electron chi connectivity index (χ0n) is 5.89. The summed E-state index contributed by atoms with van der Waals surface area (Å²) < 4.78 is 91.5. The molecule has 0 aliphatic heterocycles. The Kier molecular flexibility index (Phi) is 3.51. The zero-order valence-corrected chi connectivity index (χ0v) is 5.89. The van der Waals surface area contributed by atoms with E-state index in [2.05, 4.69) is 0 Å². The second-order valence-corrected chi connectivity index (χ2v) is 2.28. The van der Waals surface area contributed by atoms with Crippen LogP contribution in [0.2, 0.25) is 0 Å². The monoisotopic (exact) mass is 216 g/mol. The number of halogens is 8. The molecule has 8 heteroatoms. The molecule has 80 valence electrons. The molecule has 2 atom stereocenters. The smallest absolute Gasteiger partial charge is 0.244 e. The summed E-state index contributed by atoms with van der Waals surface area (Å²) in [5, 5.41) is 0. The molecule has 0 heterocycles. The lowest BCUT2D eigenvalue weighted by Crippen LogP contribution is -2.36. The van der Waals surface area contributed by atoms with E-state index in [-0.39, 0.29) is 0 Å².